The van der Waals surface area contributed by atoms with E-state index in [0.29, 0.717) is 24.9 Å². The zero-order valence-electron chi connectivity index (χ0n) is 16.6. The molecule has 1 aliphatic rings. The van der Waals surface area contributed by atoms with Crippen molar-refractivity contribution in [3.8, 4) is 5.75 Å². The highest BCUT2D eigenvalue weighted by atomic mass is 16.5. The SMILES string of the molecule is CCC1(c2ccccc2)NC(=O)N(CC(=O)NCCc2ccc(OC)cc2)C1=O. The Hall–Kier alpha value is -3.35. The van der Waals surface area contributed by atoms with Crippen molar-refractivity contribution in [3.05, 3.63) is 65.7 Å². The van der Waals surface area contributed by atoms with Gasteiger partial charge in [0.2, 0.25) is 5.91 Å². The van der Waals surface area contributed by atoms with Gasteiger partial charge in [-0.1, -0.05) is 49.4 Å². The third kappa shape index (κ3) is 4.23. The minimum Gasteiger partial charge on any atom is -0.497 e. The molecule has 1 fully saturated rings. The summed E-state index contributed by atoms with van der Waals surface area (Å²) in [5.74, 6) is -0.00218. The Bertz CT molecular complexity index is 883. The number of urea groups is 1. The predicted octanol–water partition coefficient (Wildman–Crippen LogP) is 2.21. The van der Waals surface area contributed by atoms with E-state index in [9.17, 15) is 14.4 Å². The van der Waals surface area contributed by atoms with Crippen LogP contribution in [-0.4, -0.2) is 42.9 Å². The summed E-state index contributed by atoms with van der Waals surface area (Å²) < 4.78 is 5.12. The normalized spacial score (nSPS) is 18.5. The van der Waals surface area contributed by atoms with Gasteiger partial charge in [0.15, 0.2) is 0 Å². The first-order valence-corrected chi connectivity index (χ1v) is 9.59. The van der Waals surface area contributed by atoms with Crippen LogP contribution in [0.2, 0.25) is 0 Å². The quantitative estimate of drug-likeness (QED) is 0.671. The highest BCUT2D eigenvalue weighted by Gasteiger charge is 2.51. The molecule has 152 valence electrons. The van der Waals surface area contributed by atoms with E-state index in [2.05, 4.69) is 10.6 Å². The van der Waals surface area contributed by atoms with Crippen molar-refractivity contribution in [3.63, 3.8) is 0 Å². The Kier molecular flexibility index (Phi) is 6.16. The lowest BCUT2D eigenvalue weighted by molar-refractivity contribution is -0.135. The molecule has 1 saturated heterocycles. The van der Waals surface area contributed by atoms with Crippen molar-refractivity contribution in [1.29, 1.82) is 0 Å². The second-order valence-corrected chi connectivity index (χ2v) is 6.89. The third-order valence-corrected chi connectivity index (χ3v) is 5.17. The summed E-state index contributed by atoms with van der Waals surface area (Å²) in [6.07, 6.45) is 1.04. The number of amides is 4. The summed E-state index contributed by atoms with van der Waals surface area (Å²) >= 11 is 0. The number of carbonyl (C=O) groups is 3. The Morgan fingerprint density at radius 2 is 1.79 bits per heavy atom. The van der Waals surface area contributed by atoms with E-state index in [1.807, 2.05) is 49.4 Å². The number of carbonyl (C=O) groups excluding carboxylic acids is 3. The smallest absolute Gasteiger partial charge is 0.325 e. The summed E-state index contributed by atoms with van der Waals surface area (Å²) in [6.45, 7) is 1.94. The number of rotatable bonds is 8. The Morgan fingerprint density at radius 1 is 1.10 bits per heavy atom. The van der Waals surface area contributed by atoms with E-state index in [1.165, 1.54) is 0 Å². The van der Waals surface area contributed by atoms with Crippen LogP contribution in [0.3, 0.4) is 0 Å². The van der Waals surface area contributed by atoms with Crippen LogP contribution < -0.4 is 15.4 Å². The fourth-order valence-corrected chi connectivity index (χ4v) is 3.47. The molecule has 1 heterocycles. The fraction of sp³-hybridized carbons (Fsp3) is 0.318. The summed E-state index contributed by atoms with van der Waals surface area (Å²) in [4.78, 5) is 38.7. The van der Waals surface area contributed by atoms with Crippen molar-refractivity contribution in [2.24, 2.45) is 0 Å². The molecule has 2 aromatic rings. The molecule has 1 unspecified atom stereocenters. The van der Waals surface area contributed by atoms with E-state index >= 15 is 0 Å². The van der Waals surface area contributed by atoms with Crippen LogP contribution in [0, 0.1) is 0 Å². The summed E-state index contributed by atoms with van der Waals surface area (Å²) in [5.41, 5.74) is 0.639. The van der Waals surface area contributed by atoms with E-state index in [4.69, 9.17) is 4.74 Å². The Morgan fingerprint density at radius 3 is 2.41 bits per heavy atom. The highest BCUT2D eigenvalue weighted by Crippen LogP contribution is 2.32. The molecule has 3 rings (SSSR count). The van der Waals surface area contributed by atoms with Crippen LogP contribution in [0.15, 0.2) is 54.6 Å². The maximum absolute atomic E-state index is 13.0. The third-order valence-electron chi connectivity index (χ3n) is 5.17. The van der Waals surface area contributed by atoms with Gasteiger partial charge in [-0.2, -0.15) is 0 Å². The number of imide groups is 1. The molecule has 1 atom stereocenters. The number of methoxy groups -OCH3 is 1. The molecule has 7 nitrogen and oxygen atoms in total. The molecule has 4 amide bonds. The molecule has 2 aromatic carbocycles. The van der Waals surface area contributed by atoms with Gasteiger partial charge in [0.05, 0.1) is 7.11 Å². The van der Waals surface area contributed by atoms with Gasteiger partial charge in [-0.3, -0.25) is 14.5 Å². The Labute approximate surface area is 170 Å². The average Bonchev–Trinajstić information content (AvgIpc) is 3.00. The van der Waals surface area contributed by atoms with Gasteiger partial charge in [-0.15, -0.1) is 0 Å². The molecule has 0 bridgehead atoms. The first-order chi connectivity index (χ1) is 14.0. The van der Waals surface area contributed by atoms with Crippen molar-refractivity contribution in [2.75, 3.05) is 20.2 Å². The van der Waals surface area contributed by atoms with Crippen LogP contribution >= 0.6 is 0 Å². The fourth-order valence-electron chi connectivity index (χ4n) is 3.47. The molecule has 29 heavy (non-hydrogen) atoms. The molecule has 0 radical (unpaired) electrons. The van der Waals surface area contributed by atoms with E-state index in [-0.39, 0.29) is 12.5 Å². The van der Waals surface area contributed by atoms with E-state index in [0.717, 1.165) is 16.2 Å². The molecule has 0 aliphatic carbocycles. The number of nitrogens with one attached hydrogen (secondary N) is 2. The van der Waals surface area contributed by atoms with Gasteiger partial charge in [0.1, 0.15) is 17.8 Å². The van der Waals surface area contributed by atoms with Gasteiger partial charge in [0, 0.05) is 6.54 Å². The second-order valence-electron chi connectivity index (χ2n) is 6.89. The number of nitrogens with zero attached hydrogens (tertiary/aromatic N) is 1. The average molecular weight is 395 g/mol. The maximum atomic E-state index is 13.0. The van der Waals surface area contributed by atoms with Crippen LogP contribution in [-0.2, 0) is 21.5 Å². The van der Waals surface area contributed by atoms with Crippen LogP contribution in [0.4, 0.5) is 4.79 Å². The maximum Gasteiger partial charge on any atom is 0.325 e. The van der Waals surface area contributed by atoms with Crippen LogP contribution in [0.5, 0.6) is 5.75 Å². The molecular formula is C22H25N3O4. The number of hydrogen-bond acceptors (Lipinski definition) is 4. The lowest BCUT2D eigenvalue weighted by atomic mass is 9.87. The van der Waals surface area contributed by atoms with Crippen LogP contribution in [0.25, 0.3) is 0 Å². The van der Waals surface area contributed by atoms with E-state index in [1.54, 1.807) is 19.2 Å². The first-order valence-electron chi connectivity index (χ1n) is 9.59. The lowest BCUT2D eigenvalue weighted by Crippen LogP contribution is -2.45. The molecule has 2 N–H and O–H groups in total. The van der Waals surface area contributed by atoms with Gasteiger partial charge >= 0.3 is 6.03 Å². The Balaban J connectivity index is 1.58. The van der Waals surface area contributed by atoms with Crippen molar-refractivity contribution in [1.82, 2.24) is 15.5 Å². The monoisotopic (exact) mass is 395 g/mol. The minimum absolute atomic E-state index is 0.304. The second kappa shape index (κ2) is 8.77. The number of hydrogen-bond donors (Lipinski definition) is 2. The largest absolute Gasteiger partial charge is 0.497 e. The highest BCUT2D eigenvalue weighted by molar-refractivity contribution is 6.09. The molecule has 0 saturated carbocycles. The predicted molar refractivity (Wildman–Crippen MR) is 108 cm³/mol. The zero-order valence-corrected chi connectivity index (χ0v) is 16.6. The zero-order chi connectivity index (χ0) is 20.9. The first kappa shape index (κ1) is 20.4. The summed E-state index contributed by atoms with van der Waals surface area (Å²) in [7, 11) is 1.61. The van der Waals surface area contributed by atoms with Crippen molar-refractivity contribution >= 4 is 17.8 Å². The van der Waals surface area contributed by atoms with Gasteiger partial charge in [0.25, 0.3) is 5.91 Å². The van der Waals surface area contributed by atoms with Crippen LogP contribution in [0.1, 0.15) is 24.5 Å². The summed E-state index contributed by atoms with van der Waals surface area (Å²) in [6, 6.07) is 16.1. The standard InChI is InChI=1S/C22H25N3O4/c1-3-22(17-7-5-4-6-8-17)20(27)25(21(28)24-22)15-19(26)23-14-13-16-9-11-18(29-2)12-10-16/h4-12H,3,13-15H2,1-2H3,(H,23,26)(H,24,28). The molecular weight excluding hydrogens is 370 g/mol. The lowest BCUT2D eigenvalue weighted by Gasteiger charge is -2.25. The molecule has 0 aromatic heterocycles. The molecule has 1 aliphatic heterocycles. The molecule has 7 heteroatoms. The van der Waals surface area contributed by atoms with E-state index < -0.39 is 17.5 Å². The minimum atomic E-state index is -1.12. The van der Waals surface area contributed by atoms with Crippen molar-refractivity contribution in [2.45, 2.75) is 25.3 Å². The number of benzene rings is 2. The van der Waals surface area contributed by atoms with Gasteiger partial charge in [-0.25, -0.2) is 4.79 Å². The molecule has 0 spiro atoms. The van der Waals surface area contributed by atoms with Crippen molar-refractivity contribution < 1.29 is 19.1 Å². The number of ether oxygens (including phenoxy) is 1. The van der Waals surface area contributed by atoms with Gasteiger partial charge in [-0.05, 0) is 36.1 Å². The summed E-state index contributed by atoms with van der Waals surface area (Å²) in [5, 5.41) is 5.55. The van der Waals surface area contributed by atoms with Gasteiger partial charge < -0.3 is 15.4 Å². The topological polar surface area (TPSA) is 87.7 Å².